The lowest BCUT2D eigenvalue weighted by Gasteiger charge is -2.32. The maximum Gasteiger partial charge on any atom is 0.275 e. The monoisotopic (exact) mass is 279 g/mol. The van der Waals surface area contributed by atoms with Crippen LogP contribution in [0.15, 0.2) is 18.2 Å². The average Bonchev–Trinajstić information content (AvgIpc) is 2.44. The van der Waals surface area contributed by atoms with Crippen molar-refractivity contribution in [3.63, 3.8) is 0 Å². The molecule has 0 radical (unpaired) electrons. The Labute approximate surface area is 118 Å². The third-order valence-corrected chi connectivity index (χ3v) is 3.38. The molecule has 6 nitrogen and oxygen atoms in total. The summed E-state index contributed by atoms with van der Waals surface area (Å²) >= 11 is 0. The fraction of sp³-hybridized carbons (Fsp3) is 0.571. The summed E-state index contributed by atoms with van der Waals surface area (Å²) in [4.78, 5) is 12.7. The van der Waals surface area contributed by atoms with E-state index in [4.69, 9.17) is 10.5 Å². The average molecular weight is 279 g/mol. The van der Waals surface area contributed by atoms with E-state index in [1.807, 2.05) is 13.0 Å². The minimum absolute atomic E-state index is 0.0627. The Bertz CT molecular complexity index is 479. The molecule has 110 valence electrons. The smallest absolute Gasteiger partial charge is 0.275 e. The molecule has 6 heteroatoms. The molecule has 0 unspecified atom stereocenters. The van der Waals surface area contributed by atoms with Crippen molar-refractivity contribution in [3.05, 3.63) is 28.3 Å². The molecular formula is C14H21N3O3. The van der Waals surface area contributed by atoms with Crippen molar-refractivity contribution in [1.29, 1.82) is 0 Å². The van der Waals surface area contributed by atoms with E-state index in [-0.39, 0.29) is 16.7 Å². The third-order valence-electron chi connectivity index (χ3n) is 3.38. The highest BCUT2D eigenvalue weighted by Gasteiger charge is 2.20. The molecule has 0 spiro atoms. The van der Waals surface area contributed by atoms with Crippen molar-refractivity contribution in [2.24, 2.45) is 5.73 Å². The second kappa shape index (κ2) is 6.56. The lowest BCUT2D eigenvalue weighted by atomic mass is 10.1. The maximum atomic E-state index is 11.0. The van der Waals surface area contributed by atoms with Crippen molar-refractivity contribution in [1.82, 2.24) is 0 Å². The van der Waals surface area contributed by atoms with Gasteiger partial charge in [0.2, 0.25) is 0 Å². The van der Waals surface area contributed by atoms with Gasteiger partial charge in [-0.15, -0.1) is 0 Å². The highest BCUT2D eigenvalue weighted by molar-refractivity contribution is 5.58. The van der Waals surface area contributed by atoms with Crippen molar-refractivity contribution in [2.75, 3.05) is 24.6 Å². The summed E-state index contributed by atoms with van der Waals surface area (Å²) < 4.78 is 5.54. The van der Waals surface area contributed by atoms with Gasteiger partial charge < -0.3 is 15.4 Å². The fourth-order valence-corrected chi connectivity index (χ4v) is 2.40. The maximum absolute atomic E-state index is 11.0. The molecule has 20 heavy (non-hydrogen) atoms. The largest absolute Gasteiger partial charge is 0.493 e. The first-order valence-electron chi connectivity index (χ1n) is 7.03. The van der Waals surface area contributed by atoms with Gasteiger partial charge in [-0.3, -0.25) is 10.1 Å². The Morgan fingerprint density at radius 3 is 2.95 bits per heavy atom. The van der Waals surface area contributed by atoms with Gasteiger partial charge in [-0.25, -0.2) is 0 Å². The summed E-state index contributed by atoms with van der Waals surface area (Å²) in [6, 6.07) is 5.06. The van der Waals surface area contributed by atoms with Crippen molar-refractivity contribution in [3.8, 4) is 5.75 Å². The predicted molar refractivity (Wildman–Crippen MR) is 78.3 cm³/mol. The fourth-order valence-electron chi connectivity index (χ4n) is 2.40. The van der Waals surface area contributed by atoms with Crippen LogP contribution in [0.1, 0.15) is 26.2 Å². The number of nitrogens with zero attached hydrogens (tertiary/aromatic N) is 2. The summed E-state index contributed by atoms with van der Waals surface area (Å²) in [6.45, 7) is 4.17. The van der Waals surface area contributed by atoms with Crippen LogP contribution in [0.3, 0.4) is 0 Å². The molecule has 0 aliphatic carbocycles. The number of hydrogen-bond acceptors (Lipinski definition) is 5. The quantitative estimate of drug-likeness (QED) is 0.660. The highest BCUT2D eigenvalue weighted by Crippen LogP contribution is 2.30. The third kappa shape index (κ3) is 3.60. The van der Waals surface area contributed by atoms with E-state index in [1.165, 1.54) is 6.07 Å². The SMILES string of the molecule is CCCOc1cc(N2CCC[C@@H](N)C2)cc([N+](=O)[O-])c1. The van der Waals surface area contributed by atoms with Crippen molar-refractivity contribution >= 4 is 11.4 Å². The molecule has 1 aliphatic rings. The molecule has 1 aromatic rings. The second-order valence-corrected chi connectivity index (χ2v) is 5.14. The summed E-state index contributed by atoms with van der Waals surface area (Å²) in [5, 5.41) is 11.0. The minimum Gasteiger partial charge on any atom is -0.493 e. The molecule has 0 bridgehead atoms. The number of rotatable bonds is 5. The number of benzene rings is 1. The zero-order valence-corrected chi connectivity index (χ0v) is 11.7. The number of non-ortho nitro benzene ring substituents is 1. The number of nitro groups is 1. The zero-order valence-electron chi connectivity index (χ0n) is 11.7. The van der Waals surface area contributed by atoms with Crippen LogP contribution in [-0.4, -0.2) is 30.7 Å². The number of ether oxygens (including phenoxy) is 1. The van der Waals surface area contributed by atoms with E-state index in [0.29, 0.717) is 12.4 Å². The Hall–Kier alpha value is -1.82. The molecule has 1 saturated heterocycles. The van der Waals surface area contributed by atoms with E-state index in [2.05, 4.69) is 4.90 Å². The van der Waals surface area contributed by atoms with Crippen LogP contribution in [-0.2, 0) is 0 Å². The van der Waals surface area contributed by atoms with Gasteiger partial charge in [0, 0.05) is 37.0 Å². The molecule has 2 N–H and O–H groups in total. The number of nitro benzene ring substituents is 1. The van der Waals surface area contributed by atoms with Gasteiger partial charge in [0.05, 0.1) is 17.6 Å². The Morgan fingerprint density at radius 1 is 1.50 bits per heavy atom. The summed E-state index contributed by atoms with van der Waals surface area (Å²) in [5.41, 5.74) is 6.85. The molecule has 1 heterocycles. The first-order valence-corrected chi connectivity index (χ1v) is 7.03. The van der Waals surface area contributed by atoms with E-state index >= 15 is 0 Å². The van der Waals surface area contributed by atoms with Crippen LogP contribution >= 0.6 is 0 Å². The van der Waals surface area contributed by atoms with Gasteiger partial charge in [0.15, 0.2) is 0 Å². The standard InChI is InChI=1S/C14H21N3O3/c1-2-6-20-14-8-12(7-13(9-14)17(18)19)16-5-3-4-11(15)10-16/h7-9,11H,2-6,10,15H2,1H3/t11-/m1/s1. The van der Waals surface area contributed by atoms with Gasteiger partial charge in [-0.1, -0.05) is 6.92 Å². The molecule has 1 aliphatic heterocycles. The van der Waals surface area contributed by atoms with Crippen LogP contribution in [0, 0.1) is 10.1 Å². The van der Waals surface area contributed by atoms with E-state index in [9.17, 15) is 10.1 Å². The number of nitrogens with two attached hydrogens (primary N) is 1. The number of piperidine rings is 1. The zero-order chi connectivity index (χ0) is 14.5. The first-order chi connectivity index (χ1) is 9.60. The molecular weight excluding hydrogens is 258 g/mol. The van der Waals surface area contributed by atoms with E-state index in [1.54, 1.807) is 6.07 Å². The van der Waals surface area contributed by atoms with Crippen molar-refractivity contribution < 1.29 is 9.66 Å². The van der Waals surface area contributed by atoms with Gasteiger partial charge in [-0.2, -0.15) is 0 Å². The topological polar surface area (TPSA) is 81.6 Å². The molecule has 0 saturated carbocycles. The summed E-state index contributed by atoms with van der Waals surface area (Å²) in [5.74, 6) is 0.551. The highest BCUT2D eigenvalue weighted by atomic mass is 16.6. The lowest BCUT2D eigenvalue weighted by Crippen LogP contribution is -2.42. The van der Waals surface area contributed by atoms with Gasteiger partial charge >= 0.3 is 0 Å². The van der Waals surface area contributed by atoms with E-state index < -0.39 is 0 Å². The first kappa shape index (κ1) is 14.6. The number of hydrogen-bond donors (Lipinski definition) is 1. The van der Waals surface area contributed by atoms with Gasteiger partial charge in [0.25, 0.3) is 5.69 Å². The van der Waals surface area contributed by atoms with Gasteiger partial charge in [-0.05, 0) is 19.3 Å². The molecule has 2 rings (SSSR count). The van der Waals surface area contributed by atoms with Gasteiger partial charge in [0.1, 0.15) is 5.75 Å². The Morgan fingerprint density at radius 2 is 2.30 bits per heavy atom. The summed E-state index contributed by atoms with van der Waals surface area (Å²) in [7, 11) is 0. The van der Waals surface area contributed by atoms with Crippen molar-refractivity contribution in [2.45, 2.75) is 32.2 Å². The van der Waals surface area contributed by atoms with Crippen LogP contribution in [0.25, 0.3) is 0 Å². The Kier molecular flexibility index (Phi) is 4.79. The molecule has 1 atom stereocenters. The number of anilines is 1. The molecule has 0 amide bonds. The van der Waals surface area contributed by atoms with Crippen LogP contribution in [0.4, 0.5) is 11.4 Å². The lowest BCUT2D eigenvalue weighted by molar-refractivity contribution is -0.384. The molecule has 0 aromatic heterocycles. The molecule has 1 fully saturated rings. The molecule has 1 aromatic carbocycles. The summed E-state index contributed by atoms with van der Waals surface area (Å²) in [6.07, 6.45) is 2.88. The van der Waals surface area contributed by atoms with Crippen LogP contribution in [0.2, 0.25) is 0 Å². The van der Waals surface area contributed by atoms with E-state index in [0.717, 1.165) is 38.0 Å². The van der Waals surface area contributed by atoms with Crippen LogP contribution in [0.5, 0.6) is 5.75 Å². The Balaban J connectivity index is 2.25. The van der Waals surface area contributed by atoms with Crippen LogP contribution < -0.4 is 15.4 Å². The normalized spacial score (nSPS) is 18.9. The minimum atomic E-state index is -0.383. The predicted octanol–water partition coefficient (Wildman–Crippen LogP) is 2.31. The second-order valence-electron chi connectivity index (χ2n) is 5.14.